The first-order valence-corrected chi connectivity index (χ1v) is 10.3. The summed E-state index contributed by atoms with van der Waals surface area (Å²) in [7, 11) is 4.97. The minimum absolute atomic E-state index is 0.0339. The van der Waals surface area contributed by atoms with Crippen LogP contribution in [0.3, 0.4) is 0 Å². The third kappa shape index (κ3) is 5.28. The molecule has 3 aromatic rings. The molecule has 2 aromatic carbocycles. The maximum Gasteiger partial charge on any atom is 0.257 e. The van der Waals surface area contributed by atoms with Crippen molar-refractivity contribution in [2.75, 3.05) is 38.4 Å². The number of nitrogens with one attached hydrogen (secondary N) is 2. The molecule has 0 aliphatic carbocycles. The van der Waals surface area contributed by atoms with Crippen molar-refractivity contribution in [2.24, 2.45) is 0 Å². The topological polar surface area (TPSA) is 83.6 Å². The standard InChI is InChI=1S/C21H21ClN4O3S/c1-26(2)19(27)11-23-14-6-4-13(5-7-14)20(28)25-21-24-18(12-30-21)16-9-8-15(29-3)10-17(16)22/h4-10,12,23H,11H2,1-3H3,(H,24,25,28). The third-order valence-electron chi connectivity index (χ3n) is 4.27. The molecule has 0 aliphatic heterocycles. The molecule has 0 atom stereocenters. The Morgan fingerprint density at radius 3 is 2.53 bits per heavy atom. The van der Waals surface area contributed by atoms with E-state index in [-0.39, 0.29) is 18.4 Å². The van der Waals surface area contributed by atoms with Crippen molar-refractivity contribution in [1.82, 2.24) is 9.88 Å². The Labute approximate surface area is 183 Å². The minimum Gasteiger partial charge on any atom is -0.497 e. The average molecular weight is 445 g/mol. The molecule has 0 aliphatic rings. The molecule has 7 nitrogen and oxygen atoms in total. The molecule has 0 fully saturated rings. The maximum atomic E-state index is 12.5. The number of nitrogens with zero attached hydrogens (tertiary/aromatic N) is 2. The number of aromatic nitrogens is 1. The van der Waals surface area contributed by atoms with E-state index in [1.165, 1.54) is 16.2 Å². The van der Waals surface area contributed by atoms with Gasteiger partial charge in [-0.15, -0.1) is 11.3 Å². The molecule has 2 N–H and O–H groups in total. The van der Waals surface area contributed by atoms with Gasteiger partial charge in [0.05, 0.1) is 24.4 Å². The Kier molecular flexibility index (Phi) is 6.91. The normalized spacial score (nSPS) is 10.4. The first-order valence-electron chi connectivity index (χ1n) is 9.02. The van der Waals surface area contributed by atoms with Crippen LogP contribution in [0.25, 0.3) is 11.3 Å². The fourth-order valence-electron chi connectivity index (χ4n) is 2.53. The number of halogens is 1. The quantitative estimate of drug-likeness (QED) is 0.570. The Balaban J connectivity index is 1.63. The van der Waals surface area contributed by atoms with Crippen LogP contribution in [0.2, 0.25) is 5.02 Å². The summed E-state index contributed by atoms with van der Waals surface area (Å²) in [6.07, 6.45) is 0. The number of anilines is 2. The van der Waals surface area contributed by atoms with Crippen LogP contribution in [0, 0.1) is 0 Å². The minimum atomic E-state index is -0.271. The smallest absolute Gasteiger partial charge is 0.257 e. The average Bonchev–Trinajstić information content (AvgIpc) is 3.20. The highest BCUT2D eigenvalue weighted by Crippen LogP contribution is 2.33. The van der Waals surface area contributed by atoms with Crippen LogP contribution in [0.15, 0.2) is 47.8 Å². The highest BCUT2D eigenvalue weighted by molar-refractivity contribution is 7.14. The van der Waals surface area contributed by atoms with Crippen LogP contribution in [0.5, 0.6) is 5.75 Å². The number of carbonyl (C=O) groups is 2. The summed E-state index contributed by atoms with van der Waals surface area (Å²) in [5.41, 5.74) is 2.68. The molecule has 0 bridgehead atoms. The number of carbonyl (C=O) groups excluding carboxylic acids is 2. The molecule has 156 valence electrons. The van der Waals surface area contributed by atoms with Crippen LogP contribution in [0.1, 0.15) is 10.4 Å². The van der Waals surface area contributed by atoms with Crippen LogP contribution in [-0.2, 0) is 4.79 Å². The van der Waals surface area contributed by atoms with E-state index in [4.69, 9.17) is 16.3 Å². The zero-order chi connectivity index (χ0) is 21.7. The number of likely N-dealkylation sites (N-methyl/N-ethyl adjacent to an activating group) is 1. The van der Waals surface area contributed by atoms with E-state index in [0.717, 1.165) is 11.3 Å². The predicted molar refractivity (Wildman–Crippen MR) is 121 cm³/mol. The fraction of sp³-hybridized carbons (Fsp3) is 0.190. The fourth-order valence-corrected chi connectivity index (χ4v) is 3.50. The Morgan fingerprint density at radius 2 is 1.90 bits per heavy atom. The van der Waals surface area contributed by atoms with Gasteiger partial charge in [0.2, 0.25) is 5.91 Å². The van der Waals surface area contributed by atoms with Crippen LogP contribution < -0.4 is 15.4 Å². The molecule has 0 saturated heterocycles. The van der Waals surface area contributed by atoms with Gasteiger partial charge in [0.1, 0.15) is 5.75 Å². The molecule has 1 aromatic heterocycles. The summed E-state index contributed by atoms with van der Waals surface area (Å²) in [6, 6.07) is 12.2. The highest BCUT2D eigenvalue weighted by Gasteiger charge is 2.13. The lowest BCUT2D eigenvalue weighted by atomic mass is 10.1. The summed E-state index contributed by atoms with van der Waals surface area (Å²) < 4.78 is 5.16. The third-order valence-corrected chi connectivity index (χ3v) is 5.34. The van der Waals surface area contributed by atoms with Gasteiger partial charge >= 0.3 is 0 Å². The molecule has 9 heteroatoms. The van der Waals surface area contributed by atoms with Crippen LogP contribution in [0.4, 0.5) is 10.8 Å². The van der Waals surface area contributed by atoms with Crippen molar-refractivity contribution in [3.63, 3.8) is 0 Å². The molecular formula is C21H21ClN4O3S. The van der Waals surface area contributed by atoms with Crippen molar-refractivity contribution in [2.45, 2.75) is 0 Å². The predicted octanol–water partition coefficient (Wildman–Crippen LogP) is 4.22. The van der Waals surface area contributed by atoms with Gasteiger partial charge in [0.15, 0.2) is 5.13 Å². The molecule has 0 saturated carbocycles. The van der Waals surface area contributed by atoms with Gasteiger partial charge in [-0.1, -0.05) is 11.6 Å². The number of benzene rings is 2. The van der Waals surface area contributed by atoms with Gasteiger partial charge < -0.3 is 15.0 Å². The number of hydrogen-bond acceptors (Lipinski definition) is 6. The Morgan fingerprint density at radius 1 is 1.17 bits per heavy atom. The first-order chi connectivity index (χ1) is 14.4. The Bertz CT molecular complexity index is 1050. The first kappa shape index (κ1) is 21.6. The van der Waals surface area contributed by atoms with E-state index in [9.17, 15) is 9.59 Å². The van der Waals surface area contributed by atoms with E-state index in [2.05, 4.69) is 15.6 Å². The number of methoxy groups -OCH3 is 1. The van der Waals surface area contributed by atoms with Crippen molar-refractivity contribution in [3.8, 4) is 17.0 Å². The summed E-state index contributed by atoms with van der Waals surface area (Å²) in [6.45, 7) is 0.189. The molecule has 2 amide bonds. The van der Waals surface area contributed by atoms with E-state index in [0.29, 0.717) is 27.2 Å². The second kappa shape index (κ2) is 9.60. The van der Waals surface area contributed by atoms with Gasteiger partial charge in [0, 0.05) is 36.3 Å². The zero-order valence-electron chi connectivity index (χ0n) is 16.7. The van der Waals surface area contributed by atoms with Crippen LogP contribution >= 0.6 is 22.9 Å². The van der Waals surface area contributed by atoms with Crippen LogP contribution in [-0.4, -0.2) is 49.4 Å². The van der Waals surface area contributed by atoms with Crippen molar-refractivity contribution >= 4 is 45.6 Å². The number of ether oxygens (including phenoxy) is 1. The SMILES string of the molecule is COc1ccc(-c2csc(NC(=O)c3ccc(NCC(=O)N(C)C)cc3)n2)c(Cl)c1. The second-order valence-electron chi connectivity index (χ2n) is 6.56. The van der Waals surface area contributed by atoms with Gasteiger partial charge in [-0.25, -0.2) is 4.98 Å². The number of thiazole rings is 1. The van der Waals surface area contributed by atoms with Gasteiger partial charge in [-0.2, -0.15) is 0 Å². The molecule has 0 spiro atoms. The van der Waals surface area contributed by atoms with Crippen molar-refractivity contribution in [3.05, 3.63) is 58.4 Å². The molecule has 1 heterocycles. The molecule has 0 unspecified atom stereocenters. The summed E-state index contributed by atoms with van der Waals surface area (Å²) >= 11 is 7.61. The lowest BCUT2D eigenvalue weighted by Gasteiger charge is -2.12. The molecule has 3 rings (SSSR count). The van der Waals surface area contributed by atoms with Crippen molar-refractivity contribution in [1.29, 1.82) is 0 Å². The molecular weight excluding hydrogens is 424 g/mol. The second-order valence-corrected chi connectivity index (χ2v) is 7.82. The maximum absolute atomic E-state index is 12.5. The zero-order valence-corrected chi connectivity index (χ0v) is 18.3. The van der Waals surface area contributed by atoms with E-state index in [1.54, 1.807) is 57.6 Å². The largest absolute Gasteiger partial charge is 0.497 e. The number of hydrogen-bond donors (Lipinski definition) is 2. The number of amides is 2. The highest BCUT2D eigenvalue weighted by atomic mass is 35.5. The van der Waals surface area contributed by atoms with E-state index in [1.807, 2.05) is 11.4 Å². The summed E-state index contributed by atoms with van der Waals surface area (Å²) in [5.74, 6) is 0.359. The molecule has 30 heavy (non-hydrogen) atoms. The summed E-state index contributed by atoms with van der Waals surface area (Å²) in [5, 5.41) is 8.64. The lowest BCUT2D eigenvalue weighted by molar-refractivity contribution is -0.126. The molecule has 0 radical (unpaired) electrons. The Hall–Kier alpha value is -3.10. The number of rotatable bonds is 7. The van der Waals surface area contributed by atoms with Gasteiger partial charge in [-0.05, 0) is 42.5 Å². The van der Waals surface area contributed by atoms with E-state index >= 15 is 0 Å². The van der Waals surface area contributed by atoms with E-state index < -0.39 is 0 Å². The lowest BCUT2D eigenvalue weighted by Crippen LogP contribution is -2.28. The van der Waals surface area contributed by atoms with Gasteiger partial charge in [0.25, 0.3) is 5.91 Å². The summed E-state index contributed by atoms with van der Waals surface area (Å²) in [4.78, 5) is 30.1. The monoisotopic (exact) mass is 444 g/mol. The van der Waals surface area contributed by atoms with Crippen molar-refractivity contribution < 1.29 is 14.3 Å². The van der Waals surface area contributed by atoms with Gasteiger partial charge in [-0.3, -0.25) is 14.9 Å².